The number of hydrogen-bond donors (Lipinski definition) is 1. The van der Waals surface area contributed by atoms with Crippen LogP contribution in [0.1, 0.15) is 5.56 Å². The van der Waals surface area contributed by atoms with Gasteiger partial charge in [0.15, 0.2) is 16.6 Å². The van der Waals surface area contributed by atoms with Crippen LogP contribution in [0, 0.1) is 5.82 Å². The zero-order chi connectivity index (χ0) is 18.6. The third-order valence-corrected chi connectivity index (χ3v) is 4.44. The Kier molecular flexibility index (Phi) is 4.84. The van der Waals surface area contributed by atoms with Crippen molar-refractivity contribution in [3.8, 4) is 11.5 Å². The Morgan fingerprint density at radius 2 is 1.85 bits per heavy atom. The minimum absolute atomic E-state index is 0.196. The van der Waals surface area contributed by atoms with Gasteiger partial charge in [0.05, 0.1) is 12.2 Å². The van der Waals surface area contributed by atoms with E-state index in [4.69, 9.17) is 21.7 Å². The molecule has 1 aliphatic heterocycles. The van der Waals surface area contributed by atoms with Crippen molar-refractivity contribution in [1.82, 2.24) is 4.98 Å². The van der Waals surface area contributed by atoms with E-state index in [2.05, 4.69) is 10.3 Å². The summed E-state index contributed by atoms with van der Waals surface area (Å²) in [6.45, 7) is 0.684. The molecule has 1 aromatic heterocycles. The standard InChI is InChI=1S/C20H16FN3O2S/c21-16-3-1-2-4-17(16)23-20(27)24(12-14-7-9-22-10-8-14)15-5-6-18-19(11-15)26-13-25-18/h1-11H,12-13H2,(H,23,27). The molecule has 0 bridgehead atoms. The summed E-state index contributed by atoms with van der Waals surface area (Å²) in [6, 6.07) is 15.8. The number of thiocarbonyl (C=S) groups is 1. The van der Waals surface area contributed by atoms with E-state index in [1.165, 1.54) is 6.07 Å². The van der Waals surface area contributed by atoms with Gasteiger partial charge in [0, 0.05) is 24.1 Å². The molecule has 0 radical (unpaired) electrons. The summed E-state index contributed by atoms with van der Waals surface area (Å²) in [5, 5.41) is 3.36. The molecular weight excluding hydrogens is 365 g/mol. The van der Waals surface area contributed by atoms with E-state index in [1.54, 1.807) is 30.6 Å². The Balaban J connectivity index is 1.65. The number of benzene rings is 2. The van der Waals surface area contributed by atoms with Gasteiger partial charge in [0.1, 0.15) is 5.82 Å². The predicted molar refractivity (Wildman–Crippen MR) is 106 cm³/mol. The first kappa shape index (κ1) is 17.2. The van der Waals surface area contributed by atoms with Crippen LogP contribution in [-0.4, -0.2) is 16.9 Å². The maximum atomic E-state index is 14.0. The molecule has 2 aromatic carbocycles. The molecule has 1 N–H and O–H groups in total. The number of anilines is 2. The molecule has 136 valence electrons. The first-order valence-corrected chi connectivity index (χ1v) is 8.73. The normalized spacial score (nSPS) is 11.9. The van der Waals surface area contributed by atoms with E-state index in [-0.39, 0.29) is 12.6 Å². The summed E-state index contributed by atoms with van der Waals surface area (Å²) in [7, 11) is 0. The quantitative estimate of drug-likeness (QED) is 0.678. The van der Waals surface area contributed by atoms with Gasteiger partial charge in [-0.2, -0.15) is 0 Å². The topological polar surface area (TPSA) is 46.6 Å². The van der Waals surface area contributed by atoms with Crippen molar-refractivity contribution in [3.05, 3.63) is 78.4 Å². The average Bonchev–Trinajstić information content (AvgIpc) is 3.16. The van der Waals surface area contributed by atoms with Crippen molar-refractivity contribution < 1.29 is 13.9 Å². The Bertz CT molecular complexity index is 968. The molecule has 0 saturated heterocycles. The van der Waals surface area contributed by atoms with Crippen LogP contribution in [0.4, 0.5) is 15.8 Å². The predicted octanol–water partition coefficient (Wildman–Crippen LogP) is 4.35. The molecule has 0 aliphatic carbocycles. The number of fused-ring (bicyclic) bond motifs is 1. The molecule has 0 amide bonds. The summed E-state index contributed by atoms with van der Waals surface area (Å²) < 4.78 is 24.9. The first-order chi connectivity index (χ1) is 13.2. The summed E-state index contributed by atoms with van der Waals surface area (Å²) >= 11 is 5.59. The number of para-hydroxylation sites is 1. The number of nitrogens with one attached hydrogen (secondary N) is 1. The van der Waals surface area contributed by atoms with Gasteiger partial charge in [-0.1, -0.05) is 12.1 Å². The fourth-order valence-electron chi connectivity index (χ4n) is 2.75. The maximum absolute atomic E-state index is 14.0. The smallest absolute Gasteiger partial charge is 0.231 e. The molecule has 4 rings (SSSR count). The van der Waals surface area contributed by atoms with Gasteiger partial charge in [-0.05, 0) is 54.2 Å². The highest BCUT2D eigenvalue weighted by molar-refractivity contribution is 7.80. The first-order valence-electron chi connectivity index (χ1n) is 8.32. The molecule has 0 fully saturated rings. The number of halogens is 1. The van der Waals surface area contributed by atoms with E-state index in [0.29, 0.717) is 28.8 Å². The fourth-order valence-corrected chi connectivity index (χ4v) is 3.03. The largest absolute Gasteiger partial charge is 0.454 e. The van der Waals surface area contributed by atoms with Gasteiger partial charge < -0.3 is 19.7 Å². The summed E-state index contributed by atoms with van der Waals surface area (Å²) in [5.41, 5.74) is 2.15. The van der Waals surface area contributed by atoms with E-state index in [1.807, 2.05) is 35.2 Å². The number of aromatic nitrogens is 1. The minimum atomic E-state index is -0.366. The van der Waals surface area contributed by atoms with Crippen molar-refractivity contribution in [3.63, 3.8) is 0 Å². The SMILES string of the molecule is Fc1ccccc1NC(=S)N(Cc1ccncc1)c1ccc2c(c1)OCO2. The molecule has 0 unspecified atom stereocenters. The van der Waals surface area contributed by atoms with Crippen molar-refractivity contribution in [2.24, 2.45) is 0 Å². The van der Waals surface area contributed by atoms with Crippen LogP contribution < -0.4 is 19.7 Å². The average molecular weight is 381 g/mol. The lowest BCUT2D eigenvalue weighted by Crippen LogP contribution is -2.34. The van der Waals surface area contributed by atoms with Crippen molar-refractivity contribution in [2.75, 3.05) is 17.0 Å². The zero-order valence-electron chi connectivity index (χ0n) is 14.3. The van der Waals surface area contributed by atoms with Crippen LogP contribution in [-0.2, 0) is 6.54 Å². The van der Waals surface area contributed by atoms with Gasteiger partial charge in [-0.3, -0.25) is 4.98 Å². The number of pyridine rings is 1. The number of ether oxygens (including phenoxy) is 2. The number of rotatable bonds is 4. The molecule has 0 saturated carbocycles. The minimum Gasteiger partial charge on any atom is -0.454 e. The van der Waals surface area contributed by atoms with Gasteiger partial charge in [-0.15, -0.1) is 0 Å². The molecule has 5 nitrogen and oxygen atoms in total. The van der Waals surface area contributed by atoms with Crippen LogP contribution in [0.5, 0.6) is 11.5 Å². The molecule has 7 heteroatoms. The second-order valence-electron chi connectivity index (χ2n) is 5.89. The number of hydrogen-bond acceptors (Lipinski definition) is 4. The van der Waals surface area contributed by atoms with E-state index < -0.39 is 0 Å². The Morgan fingerprint density at radius 3 is 2.67 bits per heavy atom. The van der Waals surface area contributed by atoms with Crippen molar-refractivity contribution >= 4 is 28.7 Å². The van der Waals surface area contributed by atoms with Crippen molar-refractivity contribution in [1.29, 1.82) is 0 Å². The van der Waals surface area contributed by atoms with Gasteiger partial charge >= 0.3 is 0 Å². The molecular formula is C20H16FN3O2S. The highest BCUT2D eigenvalue weighted by Crippen LogP contribution is 2.36. The van der Waals surface area contributed by atoms with Gasteiger partial charge in [0.25, 0.3) is 0 Å². The van der Waals surface area contributed by atoms with Crippen LogP contribution in [0.2, 0.25) is 0 Å². The fraction of sp³-hybridized carbons (Fsp3) is 0.100. The Labute approximate surface area is 161 Å². The van der Waals surface area contributed by atoms with E-state index in [0.717, 1.165) is 11.3 Å². The van der Waals surface area contributed by atoms with Crippen molar-refractivity contribution in [2.45, 2.75) is 6.54 Å². The highest BCUT2D eigenvalue weighted by Gasteiger charge is 2.19. The molecule has 1 aliphatic rings. The lowest BCUT2D eigenvalue weighted by Gasteiger charge is -2.26. The van der Waals surface area contributed by atoms with Gasteiger partial charge in [0.2, 0.25) is 6.79 Å². The van der Waals surface area contributed by atoms with Crippen LogP contribution in [0.15, 0.2) is 67.0 Å². The third kappa shape index (κ3) is 3.83. The zero-order valence-corrected chi connectivity index (χ0v) is 15.1. The molecule has 27 heavy (non-hydrogen) atoms. The Morgan fingerprint density at radius 1 is 1.07 bits per heavy atom. The second kappa shape index (κ2) is 7.59. The molecule has 2 heterocycles. The van der Waals surface area contributed by atoms with E-state index >= 15 is 0 Å². The number of nitrogens with zero attached hydrogens (tertiary/aromatic N) is 2. The molecule has 0 spiro atoms. The maximum Gasteiger partial charge on any atom is 0.231 e. The van der Waals surface area contributed by atoms with Crippen LogP contribution in [0.25, 0.3) is 0 Å². The Hall–Kier alpha value is -3.19. The monoisotopic (exact) mass is 381 g/mol. The summed E-state index contributed by atoms with van der Waals surface area (Å²) in [4.78, 5) is 5.92. The highest BCUT2D eigenvalue weighted by atomic mass is 32.1. The summed E-state index contributed by atoms with van der Waals surface area (Å²) in [6.07, 6.45) is 3.45. The lowest BCUT2D eigenvalue weighted by atomic mass is 10.2. The second-order valence-corrected chi connectivity index (χ2v) is 6.28. The molecule has 3 aromatic rings. The van der Waals surface area contributed by atoms with Gasteiger partial charge in [-0.25, -0.2) is 4.39 Å². The lowest BCUT2D eigenvalue weighted by molar-refractivity contribution is 0.174. The summed E-state index contributed by atoms with van der Waals surface area (Å²) in [5.74, 6) is 0.978. The third-order valence-electron chi connectivity index (χ3n) is 4.12. The van der Waals surface area contributed by atoms with E-state index in [9.17, 15) is 4.39 Å². The van der Waals surface area contributed by atoms with Crippen LogP contribution >= 0.6 is 12.2 Å². The van der Waals surface area contributed by atoms with Crippen LogP contribution in [0.3, 0.4) is 0 Å². The molecule has 0 atom stereocenters.